The van der Waals surface area contributed by atoms with E-state index >= 15 is 0 Å². The van der Waals surface area contributed by atoms with Crippen molar-refractivity contribution in [2.75, 3.05) is 19.5 Å². The number of hydrogen-bond donors (Lipinski definition) is 1. The van der Waals surface area contributed by atoms with Gasteiger partial charge in [-0.3, -0.25) is 0 Å². The topological polar surface area (TPSA) is 69.4 Å². The quantitative estimate of drug-likeness (QED) is 0.303. The summed E-state index contributed by atoms with van der Waals surface area (Å²) in [4.78, 5) is 0. The summed E-state index contributed by atoms with van der Waals surface area (Å²) < 4.78 is 13.2. The van der Waals surface area contributed by atoms with Crippen LogP contribution in [0.25, 0.3) is 11.4 Å². The van der Waals surface area contributed by atoms with Crippen molar-refractivity contribution in [3.8, 4) is 22.9 Å². The molecule has 1 atom stereocenters. The first-order valence-corrected chi connectivity index (χ1v) is 12.5. The molecule has 0 spiro atoms. The molecule has 4 rings (SSSR count). The molecule has 7 heteroatoms. The molecule has 0 aliphatic heterocycles. The number of ether oxygens (including phenoxy) is 2. The summed E-state index contributed by atoms with van der Waals surface area (Å²) in [5, 5.41) is 19.8. The number of hydrogen-bond acceptors (Lipinski definition) is 6. The Morgan fingerprint density at radius 1 is 0.914 bits per heavy atom. The van der Waals surface area contributed by atoms with Crippen molar-refractivity contribution in [3.63, 3.8) is 0 Å². The molecule has 182 valence electrons. The van der Waals surface area contributed by atoms with Crippen molar-refractivity contribution in [2.24, 2.45) is 7.05 Å². The lowest BCUT2D eigenvalue weighted by atomic mass is 9.78. The highest BCUT2D eigenvalue weighted by Crippen LogP contribution is 2.32. The molecule has 3 aromatic carbocycles. The van der Waals surface area contributed by atoms with Gasteiger partial charge in [0.2, 0.25) is 0 Å². The fourth-order valence-corrected chi connectivity index (χ4v) is 4.72. The number of methoxy groups -OCH3 is 1. The molecule has 0 saturated heterocycles. The number of benzene rings is 3. The number of aliphatic hydroxyl groups is 1. The Labute approximate surface area is 210 Å². The zero-order chi connectivity index (χ0) is 24.8. The lowest BCUT2D eigenvalue weighted by Crippen LogP contribution is -2.21. The summed E-state index contributed by atoms with van der Waals surface area (Å²) in [6, 6.07) is 26.3. The highest BCUT2D eigenvalue weighted by molar-refractivity contribution is 7.99. The Hall–Kier alpha value is -3.29. The number of rotatable bonds is 10. The van der Waals surface area contributed by atoms with E-state index in [1.807, 2.05) is 54.1 Å². The Bertz CT molecular complexity index is 1240. The lowest BCUT2D eigenvalue weighted by Gasteiger charge is -2.26. The van der Waals surface area contributed by atoms with Gasteiger partial charge in [0.25, 0.3) is 0 Å². The Kier molecular flexibility index (Phi) is 7.78. The minimum Gasteiger partial charge on any atom is -0.496 e. The highest BCUT2D eigenvalue weighted by atomic mass is 32.2. The van der Waals surface area contributed by atoms with Gasteiger partial charge >= 0.3 is 0 Å². The molecule has 1 N–H and O–H groups in total. The van der Waals surface area contributed by atoms with Gasteiger partial charge in [0.05, 0.1) is 18.8 Å². The van der Waals surface area contributed by atoms with Crippen LogP contribution in [0.3, 0.4) is 0 Å². The van der Waals surface area contributed by atoms with Crippen LogP contribution in [0.1, 0.15) is 25.0 Å². The number of nitrogens with zero attached hydrogens (tertiary/aromatic N) is 3. The maximum atomic E-state index is 10.5. The third kappa shape index (κ3) is 5.69. The molecule has 1 aromatic heterocycles. The predicted molar refractivity (Wildman–Crippen MR) is 140 cm³/mol. The van der Waals surface area contributed by atoms with Crippen LogP contribution in [0.2, 0.25) is 0 Å². The van der Waals surface area contributed by atoms with E-state index in [2.05, 4.69) is 60.4 Å². The number of para-hydroxylation sites is 1. The van der Waals surface area contributed by atoms with E-state index in [0.29, 0.717) is 11.6 Å². The van der Waals surface area contributed by atoms with Crippen LogP contribution in [0.4, 0.5) is 0 Å². The van der Waals surface area contributed by atoms with Gasteiger partial charge in [-0.15, -0.1) is 10.2 Å². The van der Waals surface area contributed by atoms with Gasteiger partial charge in [0, 0.05) is 18.2 Å². The molecule has 35 heavy (non-hydrogen) atoms. The van der Waals surface area contributed by atoms with Gasteiger partial charge in [0.1, 0.15) is 18.1 Å². The van der Waals surface area contributed by atoms with Crippen LogP contribution in [-0.2, 0) is 12.5 Å². The first-order chi connectivity index (χ1) is 16.9. The monoisotopic (exact) mass is 489 g/mol. The van der Waals surface area contributed by atoms with Gasteiger partial charge in [0.15, 0.2) is 11.0 Å². The van der Waals surface area contributed by atoms with Crippen molar-refractivity contribution < 1.29 is 14.6 Å². The summed E-state index contributed by atoms with van der Waals surface area (Å²) >= 11 is 1.44. The van der Waals surface area contributed by atoms with E-state index in [1.165, 1.54) is 22.9 Å². The zero-order valence-corrected chi connectivity index (χ0v) is 21.3. The van der Waals surface area contributed by atoms with Gasteiger partial charge < -0.3 is 19.1 Å². The van der Waals surface area contributed by atoms with Crippen LogP contribution in [0.15, 0.2) is 84.0 Å². The summed E-state index contributed by atoms with van der Waals surface area (Å²) in [6.45, 7) is 4.63. The number of aliphatic hydroxyl groups excluding tert-OH is 1. The average Bonchev–Trinajstić information content (AvgIpc) is 3.26. The number of aromatic nitrogens is 3. The van der Waals surface area contributed by atoms with Crippen molar-refractivity contribution in [2.45, 2.75) is 30.5 Å². The van der Waals surface area contributed by atoms with Crippen LogP contribution in [0.5, 0.6) is 11.5 Å². The van der Waals surface area contributed by atoms with Crippen molar-refractivity contribution in [1.82, 2.24) is 14.8 Å². The Balaban J connectivity index is 1.32. The second-order valence-corrected chi connectivity index (χ2v) is 9.84. The fourth-order valence-electron chi connectivity index (χ4n) is 3.91. The van der Waals surface area contributed by atoms with Gasteiger partial charge in [-0.1, -0.05) is 80.2 Å². The maximum Gasteiger partial charge on any atom is 0.191 e. The second kappa shape index (κ2) is 11.0. The van der Waals surface area contributed by atoms with Crippen molar-refractivity contribution >= 4 is 11.8 Å². The number of thioether (sulfide) groups is 1. The largest absolute Gasteiger partial charge is 0.496 e. The average molecular weight is 490 g/mol. The van der Waals surface area contributed by atoms with E-state index in [0.717, 1.165) is 22.2 Å². The standard InChI is InChI=1S/C28H31N3O3S/c1-28(2,20-10-6-5-7-11-20)21-14-16-23(17-15-21)34-18-22(32)19-35-27-30-29-26(31(27)3)24-12-8-9-13-25(24)33-4/h5-17,22,32H,18-19H2,1-4H3. The third-order valence-corrected chi connectivity index (χ3v) is 7.27. The molecule has 4 aromatic rings. The molecule has 0 aliphatic rings. The Morgan fingerprint density at radius 3 is 2.29 bits per heavy atom. The summed E-state index contributed by atoms with van der Waals surface area (Å²) in [5.74, 6) is 2.64. The summed E-state index contributed by atoms with van der Waals surface area (Å²) in [6.07, 6.45) is -0.646. The summed E-state index contributed by atoms with van der Waals surface area (Å²) in [7, 11) is 3.55. The predicted octanol–water partition coefficient (Wildman–Crippen LogP) is 5.35. The minimum absolute atomic E-state index is 0.103. The van der Waals surface area contributed by atoms with Crippen molar-refractivity contribution in [3.05, 3.63) is 90.0 Å². The van der Waals surface area contributed by atoms with E-state index in [4.69, 9.17) is 9.47 Å². The normalized spacial score (nSPS) is 12.4. The molecular weight excluding hydrogens is 458 g/mol. The second-order valence-electron chi connectivity index (χ2n) is 8.86. The van der Waals surface area contributed by atoms with Crippen molar-refractivity contribution in [1.29, 1.82) is 0 Å². The van der Waals surface area contributed by atoms with Gasteiger partial charge in [-0.25, -0.2) is 0 Å². The molecule has 0 saturated carbocycles. The molecule has 1 unspecified atom stereocenters. The van der Waals surface area contributed by atoms with Crippen LogP contribution in [0, 0.1) is 0 Å². The maximum absolute atomic E-state index is 10.5. The lowest BCUT2D eigenvalue weighted by molar-refractivity contribution is 0.126. The smallest absolute Gasteiger partial charge is 0.191 e. The van der Waals surface area contributed by atoms with E-state index in [9.17, 15) is 5.11 Å². The first kappa shape index (κ1) is 24.8. The van der Waals surface area contributed by atoms with Gasteiger partial charge in [-0.2, -0.15) is 0 Å². The Morgan fingerprint density at radius 2 is 1.57 bits per heavy atom. The fraction of sp³-hybridized carbons (Fsp3) is 0.286. The molecule has 0 fully saturated rings. The molecule has 0 radical (unpaired) electrons. The highest BCUT2D eigenvalue weighted by Gasteiger charge is 2.23. The first-order valence-electron chi connectivity index (χ1n) is 11.5. The molecule has 1 heterocycles. The van der Waals surface area contributed by atoms with Gasteiger partial charge in [-0.05, 0) is 35.4 Å². The van der Waals surface area contributed by atoms with Crippen LogP contribution in [-0.4, -0.2) is 45.4 Å². The summed E-state index contributed by atoms with van der Waals surface area (Å²) in [5.41, 5.74) is 3.24. The molecular formula is C28H31N3O3S. The minimum atomic E-state index is -0.646. The van der Waals surface area contributed by atoms with Crippen LogP contribution < -0.4 is 9.47 Å². The third-order valence-electron chi connectivity index (χ3n) is 6.10. The van der Waals surface area contributed by atoms with E-state index in [1.54, 1.807) is 7.11 Å². The van der Waals surface area contributed by atoms with Crippen LogP contribution >= 0.6 is 11.8 Å². The molecule has 0 amide bonds. The zero-order valence-electron chi connectivity index (χ0n) is 20.5. The molecule has 0 bridgehead atoms. The van der Waals surface area contributed by atoms with E-state index in [-0.39, 0.29) is 12.0 Å². The van der Waals surface area contributed by atoms with E-state index < -0.39 is 6.10 Å². The molecule has 0 aliphatic carbocycles. The SMILES string of the molecule is COc1ccccc1-c1nnc(SCC(O)COc2ccc(C(C)(C)c3ccccc3)cc2)n1C. The molecule has 6 nitrogen and oxygen atoms in total.